The summed E-state index contributed by atoms with van der Waals surface area (Å²) in [4.78, 5) is 14.4. The number of amides is 1. The van der Waals surface area contributed by atoms with Crippen molar-refractivity contribution in [3.05, 3.63) is 52.3 Å². The van der Waals surface area contributed by atoms with Crippen molar-refractivity contribution >= 4 is 17.5 Å². The molecule has 23 heavy (non-hydrogen) atoms. The van der Waals surface area contributed by atoms with Crippen LogP contribution in [-0.2, 0) is 6.54 Å². The second-order valence-electron chi connectivity index (χ2n) is 5.95. The first-order valence-electron chi connectivity index (χ1n) is 7.91. The molecule has 1 aliphatic rings. The van der Waals surface area contributed by atoms with Crippen LogP contribution >= 0.6 is 11.6 Å². The van der Waals surface area contributed by atoms with Gasteiger partial charge in [0.15, 0.2) is 0 Å². The van der Waals surface area contributed by atoms with Crippen LogP contribution in [0.4, 0.5) is 0 Å². The van der Waals surface area contributed by atoms with Gasteiger partial charge in [0.1, 0.15) is 0 Å². The average Bonchev–Trinajstić information content (AvgIpc) is 2.98. The minimum Gasteiger partial charge on any atom is -0.338 e. The lowest BCUT2D eigenvalue weighted by atomic mass is 10.0. The number of nitrogens with zero attached hydrogens (tertiary/aromatic N) is 2. The van der Waals surface area contributed by atoms with Crippen LogP contribution in [0.3, 0.4) is 0 Å². The molecular weight excluding hydrogens is 312 g/mol. The van der Waals surface area contributed by atoms with Gasteiger partial charge >= 0.3 is 0 Å². The van der Waals surface area contributed by atoms with E-state index >= 15 is 0 Å². The summed E-state index contributed by atoms with van der Waals surface area (Å²) >= 11 is 6.12. The first-order valence-corrected chi connectivity index (χ1v) is 8.29. The van der Waals surface area contributed by atoms with Crippen LogP contribution in [0.25, 0.3) is 0 Å². The molecule has 0 saturated carbocycles. The molecule has 1 aromatic heterocycles. The molecule has 3 rings (SSSR count). The van der Waals surface area contributed by atoms with Crippen molar-refractivity contribution < 1.29 is 4.79 Å². The van der Waals surface area contributed by atoms with Gasteiger partial charge in [0.05, 0.1) is 16.8 Å². The van der Waals surface area contributed by atoms with E-state index in [2.05, 4.69) is 15.5 Å². The average molecular weight is 333 g/mol. The smallest absolute Gasteiger partial charge is 0.255 e. The van der Waals surface area contributed by atoms with Gasteiger partial charge in [0, 0.05) is 36.9 Å². The Balaban J connectivity index is 1.51. The number of rotatable bonds is 4. The van der Waals surface area contributed by atoms with Crippen LogP contribution in [-0.4, -0.2) is 40.1 Å². The molecule has 0 unspecified atom stereocenters. The molecule has 0 atom stereocenters. The number of piperidine rings is 1. The normalized spacial score (nSPS) is 15.8. The Bertz CT molecular complexity index is 677. The zero-order valence-corrected chi connectivity index (χ0v) is 13.9. The fourth-order valence-corrected chi connectivity index (χ4v) is 3.12. The van der Waals surface area contributed by atoms with Gasteiger partial charge in [0.2, 0.25) is 0 Å². The third-order valence-corrected chi connectivity index (χ3v) is 4.73. The third-order valence-electron chi connectivity index (χ3n) is 4.40. The summed E-state index contributed by atoms with van der Waals surface area (Å²) in [6.07, 6.45) is 3.76. The molecule has 122 valence electrons. The van der Waals surface area contributed by atoms with Crippen molar-refractivity contribution in [2.75, 3.05) is 13.1 Å². The monoisotopic (exact) mass is 332 g/mol. The zero-order valence-electron chi connectivity index (χ0n) is 13.2. The number of aromatic amines is 1. The van der Waals surface area contributed by atoms with E-state index in [0.717, 1.165) is 38.2 Å². The molecule has 0 radical (unpaired) electrons. The molecule has 0 aliphatic carbocycles. The summed E-state index contributed by atoms with van der Waals surface area (Å²) in [5.41, 5.74) is 2.89. The number of H-pyrrole nitrogens is 1. The molecule has 1 aliphatic heterocycles. The molecule has 1 fully saturated rings. The highest BCUT2D eigenvalue weighted by atomic mass is 35.5. The van der Waals surface area contributed by atoms with Crippen molar-refractivity contribution in [3.63, 3.8) is 0 Å². The van der Waals surface area contributed by atoms with Crippen molar-refractivity contribution in [2.24, 2.45) is 0 Å². The first-order chi connectivity index (χ1) is 11.1. The lowest BCUT2D eigenvalue weighted by Crippen LogP contribution is -2.44. The Morgan fingerprint density at radius 1 is 1.39 bits per heavy atom. The number of likely N-dealkylation sites (tertiary alicyclic amines) is 1. The van der Waals surface area contributed by atoms with Crippen LogP contribution in [0.15, 0.2) is 30.5 Å². The maximum Gasteiger partial charge on any atom is 0.255 e. The summed E-state index contributed by atoms with van der Waals surface area (Å²) in [5.74, 6) is 0.0275. The van der Waals surface area contributed by atoms with Gasteiger partial charge in [0.25, 0.3) is 5.91 Å². The highest BCUT2D eigenvalue weighted by molar-refractivity contribution is 6.33. The van der Waals surface area contributed by atoms with Gasteiger partial charge < -0.3 is 10.2 Å². The standard InChI is InChI=1S/C17H21ClN4O/c1-12-13(11-20-21-12)10-19-14-6-8-22(9-7-14)17(23)15-4-2-3-5-16(15)18/h2-5,11,14,19H,6-10H2,1H3,(H,20,21). The SMILES string of the molecule is Cc1[nH]ncc1CNC1CCN(C(=O)c2ccccc2Cl)CC1. The molecule has 0 spiro atoms. The number of aryl methyl sites for hydroxylation is 1. The molecule has 2 aromatic rings. The van der Waals surface area contributed by atoms with E-state index in [1.807, 2.05) is 30.2 Å². The number of hydrogen-bond donors (Lipinski definition) is 2. The second-order valence-corrected chi connectivity index (χ2v) is 6.35. The number of halogens is 1. The number of hydrogen-bond acceptors (Lipinski definition) is 3. The minimum absolute atomic E-state index is 0.0275. The highest BCUT2D eigenvalue weighted by Crippen LogP contribution is 2.20. The zero-order chi connectivity index (χ0) is 16.2. The quantitative estimate of drug-likeness (QED) is 0.905. The molecule has 2 heterocycles. The summed E-state index contributed by atoms with van der Waals surface area (Å²) < 4.78 is 0. The lowest BCUT2D eigenvalue weighted by molar-refractivity contribution is 0.0705. The summed E-state index contributed by atoms with van der Waals surface area (Å²) in [7, 11) is 0. The third kappa shape index (κ3) is 3.74. The van der Waals surface area contributed by atoms with Gasteiger partial charge in [-0.2, -0.15) is 5.10 Å². The van der Waals surface area contributed by atoms with E-state index in [-0.39, 0.29) is 5.91 Å². The van der Waals surface area contributed by atoms with Crippen LogP contribution in [0.2, 0.25) is 5.02 Å². The summed E-state index contributed by atoms with van der Waals surface area (Å²) in [6, 6.07) is 7.67. The predicted octanol–water partition coefficient (Wildman–Crippen LogP) is 2.77. The Morgan fingerprint density at radius 2 is 2.13 bits per heavy atom. The Kier molecular flexibility index (Phi) is 4.98. The molecule has 1 saturated heterocycles. The van der Waals surface area contributed by atoms with Gasteiger partial charge in [-0.05, 0) is 31.9 Å². The number of benzene rings is 1. The molecule has 6 heteroatoms. The van der Waals surface area contributed by atoms with Crippen LogP contribution in [0.5, 0.6) is 0 Å². The Hall–Kier alpha value is -1.85. The van der Waals surface area contributed by atoms with Gasteiger partial charge in [-0.3, -0.25) is 9.89 Å². The molecule has 1 amide bonds. The Labute approximate surface area is 141 Å². The second kappa shape index (κ2) is 7.15. The van der Waals surface area contributed by atoms with E-state index in [9.17, 15) is 4.79 Å². The van der Waals surface area contributed by atoms with E-state index < -0.39 is 0 Å². The maximum atomic E-state index is 12.5. The van der Waals surface area contributed by atoms with Crippen molar-refractivity contribution in [1.29, 1.82) is 0 Å². The molecule has 2 N–H and O–H groups in total. The Morgan fingerprint density at radius 3 is 2.78 bits per heavy atom. The van der Waals surface area contributed by atoms with Gasteiger partial charge in [-0.25, -0.2) is 0 Å². The topological polar surface area (TPSA) is 61.0 Å². The molecule has 1 aromatic carbocycles. The number of carbonyl (C=O) groups excluding carboxylic acids is 1. The van der Waals surface area contributed by atoms with Crippen molar-refractivity contribution in [1.82, 2.24) is 20.4 Å². The maximum absolute atomic E-state index is 12.5. The largest absolute Gasteiger partial charge is 0.338 e. The fraction of sp³-hybridized carbons (Fsp3) is 0.412. The van der Waals surface area contributed by atoms with Gasteiger partial charge in [-0.1, -0.05) is 23.7 Å². The summed E-state index contributed by atoms with van der Waals surface area (Å²) in [5, 5.41) is 11.1. The van der Waals surface area contributed by atoms with E-state index in [1.54, 1.807) is 12.1 Å². The van der Waals surface area contributed by atoms with Crippen LogP contribution < -0.4 is 5.32 Å². The number of carbonyl (C=O) groups is 1. The number of aromatic nitrogens is 2. The van der Waals surface area contributed by atoms with E-state index in [1.165, 1.54) is 5.56 Å². The van der Waals surface area contributed by atoms with E-state index in [0.29, 0.717) is 16.6 Å². The minimum atomic E-state index is 0.0275. The van der Waals surface area contributed by atoms with Gasteiger partial charge in [-0.15, -0.1) is 0 Å². The molecule has 5 nitrogen and oxygen atoms in total. The highest BCUT2D eigenvalue weighted by Gasteiger charge is 2.24. The number of nitrogens with one attached hydrogen (secondary N) is 2. The first kappa shape index (κ1) is 16.0. The van der Waals surface area contributed by atoms with E-state index in [4.69, 9.17) is 11.6 Å². The molecule has 0 bridgehead atoms. The summed E-state index contributed by atoms with van der Waals surface area (Å²) in [6.45, 7) is 4.35. The lowest BCUT2D eigenvalue weighted by Gasteiger charge is -2.32. The fourth-order valence-electron chi connectivity index (χ4n) is 2.90. The van der Waals surface area contributed by atoms with Crippen molar-refractivity contribution in [3.8, 4) is 0 Å². The van der Waals surface area contributed by atoms with Crippen molar-refractivity contribution in [2.45, 2.75) is 32.4 Å². The molecular formula is C17H21ClN4O. The van der Waals surface area contributed by atoms with Crippen LogP contribution in [0, 0.1) is 6.92 Å². The van der Waals surface area contributed by atoms with Crippen LogP contribution in [0.1, 0.15) is 34.5 Å². The predicted molar refractivity (Wildman–Crippen MR) is 90.5 cm³/mol.